The lowest BCUT2D eigenvalue weighted by Gasteiger charge is -2.14. The first-order chi connectivity index (χ1) is 15.6. The molecule has 6 heteroatoms. The van der Waals surface area contributed by atoms with Crippen LogP contribution in [0.4, 0.5) is 5.13 Å². The van der Waals surface area contributed by atoms with Crippen LogP contribution in [0, 0.1) is 13.8 Å². The highest BCUT2D eigenvalue weighted by molar-refractivity contribution is 7.14. The van der Waals surface area contributed by atoms with Crippen LogP contribution in [-0.4, -0.2) is 14.5 Å². The van der Waals surface area contributed by atoms with Crippen molar-refractivity contribution in [3.8, 4) is 16.9 Å². The molecule has 2 heterocycles. The molecule has 0 atom stereocenters. The summed E-state index contributed by atoms with van der Waals surface area (Å²) in [4.78, 5) is 22.9. The highest BCUT2D eigenvalue weighted by Gasteiger charge is 2.13. The number of hydrogen-bond donors (Lipinski definition) is 1. The minimum absolute atomic E-state index is 0.0734. The van der Waals surface area contributed by atoms with Gasteiger partial charge in [-0.1, -0.05) is 59.7 Å². The van der Waals surface area contributed by atoms with Crippen molar-refractivity contribution in [1.29, 1.82) is 0 Å². The summed E-state index contributed by atoms with van der Waals surface area (Å²) in [6.45, 7) is 4.48. The molecule has 0 aliphatic rings. The number of benzene rings is 3. The molecule has 5 rings (SSSR count). The summed E-state index contributed by atoms with van der Waals surface area (Å²) in [6, 6.07) is 23.7. The van der Waals surface area contributed by atoms with Crippen molar-refractivity contribution in [2.45, 2.75) is 20.4 Å². The molecule has 0 fully saturated rings. The zero-order valence-electron chi connectivity index (χ0n) is 17.9. The molecular weight excluding hydrogens is 416 g/mol. The Labute approximate surface area is 190 Å². The van der Waals surface area contributed by atoms with Gasteiger partial charge in [-0.05, 0) is 38.1 Å². The van der Waals surface area contributed by atoms with E-state index in [9.17, 15) is 4.79 Å². The highest BCUT2D eigenvalue weighted by atomic mass is 32.1. The van der Waals surface area contributed by atoms with Crippen LogP contribution in [-0.2, 0) is 6.54 Å². The summed E-state index contributed by atoms with van der Waals surface area (Å²) >= 11 is 1.54. The van der Waals surface area contributed by atoms with E-state index in [1.54, 1.807) is 15.9 Å². The number of rotatable bonds is 5. The number of hydrogen-bond acceptors (Lipinski definition) is 5. The van der Waals surface area contributed by atoms with Crippen molar-refractivity contribution < 1.29 is 0 Å². The number of para-hydroxylation sites is 1. The first kappa shape index (κ1) is 20.2. The second-order valence-electron chi connectivity index (χ2n) is 7.78. The van der Waals surface area contributed by atoms with Crippen LogP contribution in [0.15, 0.2) is 83.0 Å². The number of aromatic nitrogens is 3. The second kappa shape index (κ2) is 8.40. The maximum atomic E-state index is 13.3. The van der Waals surface area contributed by atoms with Gasteiger partial charge in [-0.2, -0.15) is 0 Å². The standard InChI is InChI=1S/C26H22N4OS/c1-17-7-11-19(12-8-17)23-16-32-26(29-23)27-15-24-28-22-6-4-3-5-21(22)25(31)30(24)20-13-9-18(2)10-14-20/h3-14,16H,15H2,1-2H3,(H,27,29). The van der Waals surface area contributed by atoms with Crippen LogP contribution in [0.3, 0.4) is 0 Å². The molecular formula is C26H22N4OS. The van der Waals surface area contributed by atoms with Crippen molar-refractivity contribution in [3.63, 3.8) is 0 Å². The van der Waals surface area contributed by atoms with Gasteiger partial charge in [-0.15, -0.1) is 11.3 Å². The van der Waals surface area contributed by atoms with E-state index in [4.69, 9.17) is 9.97 Å². The molecule has 5 nitrogen and oxygen atoms in total. The Kier molecular flexibility index (Phi) is 5.29. The van der Waals surface area contributed by atoms with Gasteiger partial charge >= 0.3 is 0 Å². The SMILES string of the molecule is Cc1ccc(-c2csc(NCc3nc4ccccc4c(=O)n3-c3ccc(C)cc3)n2)cc1. The van der Waals surface area contributed by atoms with Gasteiger partial charge in [-0.25, -0.2) is 9.97 Å². The molecule has 3 aromatic carbocycles. The van der Waals surface area contributed by atoms with E-state index in [2.05, 4.69) is 36.5 Å². The van der Waals surface area contributed by atoms with Crippen LogP contribution in [0.1, 0.15) is 17.0 Å². The largest absolute Gasteiger partial charge is 0.354 e. The molecule has 0 radical (unpaired) electrons. The van der Waals surface area contributed by atoms with Gasteiger partial charge in [0.15, 0.2) is 5.13 Å². The number of thiazole rings is 1. The fraction of sp³-hybridized carbons (Fsp3) is 0.115. The molecule has 1 N–H and O–H groups in total. The number of aryl methyl sites for hydroxylation is 2. The maximum absolute atomic E-state index is 13.3. The number of fused-ring (bicyclic) bond motifs is 1. The van der Waals surface area contributed by atoms with Gasteiger partial charge in [0.1, 0.15) is 5.82 Å². The number of nitrogens with zero attached hydrogens (tertiary/aromatic N) is 3. The summed E-state index contributed by atoms with van der Waals surface area (Å²) < 4.78 is 1.68. The molecule has 158 valence electrons. The molecule has 0 spiro atoms. The minimum Gasteiger partial charge on any atom is -0.354 e. The zero-order valence-corrected chi connectivity index (χ0v) is 18.7. The van der Waals surface area contributed by atoms with E-state index in [0.29, 0.717) is 23.3 Å². The predicted octanol–water partition coefficient (Wildman–Crippen LogP) is 5.74. The Bertz CT molecular complexity index is 1450. The molecule has 0 amide bonds. The fourth-order valence-electron chi connectivity index (χ4n) is 3.62. The quantitative estimate of drug-likeness (QED) is 0.380. The van der Waals surface area contributed by atoms with E-state index in [-0.39, 0.29) is 5.56 Å². The normalized spacial score (nSPS) is 11.1. The van der Waals surface area contributed by atoms with Crippen LogP contribution >= 0.6 is 11.3 Å². The van der Waals surface area contributed by atoms with Crippen LogP contribution in [0.2, 0.25) is 0 Å². The number of anilines is 1. The lowest BCUT2D eigenvalue weighted by atomic mass is 10.1. The van der Waals surface area contributed by atoms with Crippen molar-refractivity contribution >= 4 is 27.4 Å². The predicted molar refractivity (Wildman–Crippen MR) is 132 cm³/mol. The average Bonchev–Trinajstić information content (AvgIpc) is 3.28. The summed E-state index contributed by atoms with van der Waals surface area (Å²) in [5.74, 6) is 0.643. The maximum Gasteiger partial charge on any atom is 0.266 e. The third-order valence-corrected chi connectivity index (χ3v) is 6.19. The third-order valence-electron chi connectivity index (χ3n) is 5.39. The van der Waals surface area contributed by atoms with Crippen LogP contribution in [0.25, 0.3) is 27.8 Å². The lowest BCUT2D eigenvalue weighted by molar-refractivity contribution is 0.838. The van der Waals surface area contributed by atoms with E-state index in [0.717, 1.165) is 27.6 Å². The summed E-state index contributed by atoms with van der Waals surface area (Å²) in [7, 11) is 0. The Morgan fingerprint density at radius 3 is 2.31 bits per heavy atom. The van der Waals surface area contributed by atoms with E-state index in [1.165, 1.54) is 5.56 Å². The van der Waals surface area contributed by atoms with E-state index >= 15 is 0 Å². The molecule has 0 unspecified atom stereocenters. The first-order valence-electron chi connectivity index (χ1n) is 10.4. The Morgan fingerprint density at radius 1 is 0.875 bits per heavy atom. The van der Waals surface area contributed by atoms with Gasteiger partial charge in [0, 0.05) is 10.9 Å². The summed E-state index contributed by atoms with van der Waals surface area (Å²) in [6.07, 6.45) is 0. The zero-order chi connectivity index (χ0) is 22.1. The fourth-order valence-corrected chi connectivity index (χ4v) is 4.34. The minimum atomic E-state index is -0.0734. The van der Waals surface area contributed by atoms with Gasteiger partial charge < -0.3 is 5.32 Å². The Hall–Kier alpha value is -3.77. The average molecular weight is 439 g/mol. The summed E-state index contributed by atoms with van der Waals surface area (Å²) in [5, 5.41) is 6.79. The molecule has 0 aliphatic carbocycles. The lowest BCUT2D eigenvalue weighted by Crippen LogP contribution is -2.25. The Balaban J connectivity index is 1.50. The van der Waals surface area contributed by atoms with Crippen molar-refractivity contribution in [2.24, 2.45) is 0 Å². The van der Waals surface area contributed by atoms with Crippen molar-refractivity contribution in [1.82, 2.24) is 14.5 Å². The number of nitrogens with one attached hydrogen (secondary N) is 1. The molecule has 0 saturated carbocycles. The van der Waals surface area contributed by atoms with E-state index in [1.807, 2.05) is 60.8 Å². The molecule has 5 aromatic rings. The Morgan fingerprint density at radius 2 is 1.56 bits per heavy atom. The van der Waals surface area contributed by atoms with Crippen molar-refractivity contribution in [3.05, 3.63) is 105 Å². The monoisotopic (exact) mass is 438 g/mol. The van der Waals surface area contributed by atoms with E-state index < -0.39 is 0 Å². The molecule has 32 heavy (non-hydrogen) atoms. The van der Waals surface area contributed by atoms with Gasteiger partial charge in [0.2, 0.25) is 0 Å². The smallest absolute Gasteiger partial charge is 0.266 e. The van der Waals surface area contributed by atoms with Gasteiger partial charge in [0.25, 0.3) is 5.56 Å². The van der Waals surface area contributed by atoms with Gasteiger partial charge in [0.05, 0.1) is 28.8 Å². The van der Waals surface area contributed by atoms with Gasteiger partial charge in [-0.3, -0.25) is 9.36 Å². The molecule has 0 bridgehead atoms. The topological polar surface area (TPSA) is 59.8 Å². The van der Waals surface area contributed by atoms with Crippen molar-refractivity contribution in [2.75, 3.05) is 5.32 Å². The first-order valence-corrected chi connectivity index (χ1v) is 11.3. The molecule has 0 saturated heterocycles. The second-order valence-corrected chi connectivity index (χ2v) is 8.64. The van der Waals surface area contributed by atoms with Crippen LogP contribution < -0.4 is 10.9 Å². The molecule has 2 aromatic heterocycles. The molecule has 0 aliphatic heterocycles. The summed E-state index contributed by atoms with van der Waals surface area (Å²) in [5.41, 5.74) is 5.80. The van der Waals surface area contributed by atoms with Crippen LogP contribution in [0.5, 0.6) is 0 Å². The third kappa shape index (κ3) is 3.92. The highest BCUT2D eigenvalue weighted by Crippen LogP contribution is 2.25.